The molecular weight excluding hydrogens is 454 g/mol. The highest BCUT2D eigenvalue weighted by Crippen LogP contribution is 2.28. The van der Waals surface area contributed by atoms with Gasteiger partial charge in [0.2, 0.25) is 15.9 Å². The van der Waals surface area contributed by atoms with Crippen molar-refractivity contribution in [3.8, 4) is 5.75 Å². The second kappa shape index (κ2) is 10.5. The van der Waals surface area contributed by atoms with Crippen LogP contribution in [0.5, 0.6) is 5.75 Å². The second-order valence-corrected chi connectivity index (χ2v) is 10.6. The van der Waals surface area contributed by atoms with Gasteiger partial charge in [-0.3, -0.25) is 14.6 Å². The summed E-state index contributed by atoms with van der Waals surface area (Å²) in [5.41, 5.74) is 4.20. The first kappa shape index (κ1) is 25.6. The first-order valence-corrected chi connectivity index (χ1v) is 12.5. The van der Waals surface area contributed by atoms with E-state index in [0.29, 0.717) is 23.4 Å². The number of carbonyl (C=O) groups excluding carboxylic acids is 2. The molecule has 0 unspecified atom stereocenters. The van der Waals surface area contributed by atoms with Crippen LogP contribution in [0.2, 0.25) is 0 Å². The number of likely N-dealkylation sites (N-methyl/N-ethyl adjacent to an activating group) is 1. The highest BCUT2D eigenvalue weighted by Gasteiger charge is 2.27. The minimum atomic E-state index is -3.87. The molecule has 0 aromatic heterocycles. The molecule has 0 radical (unpaired) electrons. The SMILES string of the molecule is COc1cc(C)c(S(=O)(=O)N(C)CC(=O)CCC(=O)N(C)Cc2ccc3c(c2)CC=N3)c(C)c1. The van der Waals surface area contributed by atoms with Gasteiger partial charge in [0.15, 0.2) is 0 Å². The fourth-order valence-corrected chi connectivity index (χ4v) is 5.63. The first-order chi connectivity index (χ1) is 16.0. The van der Waals surface area contributed by atoms with Crippen LogP contribution < -0.4 is 4.74 Å². The number of amides is 1. The third-order valence-corrected chi connectivity index (χ3v) is 8.00. The van der Waals surface area contributed by atoms with Crippen LogP contribution in [0.1, 0.15) is 35.1 Å². The van der Waals surface area contributed by atoms with E-state index in [-0.39, 0.29) is 36.0 Å². The quantitative estimate of drug-likeness (QED) is 0.515. The fraction of sp³-hybridized carbons (Fsp3) is 0.400. The lowest BCUT2D eigenvalue weighted by Crippen LogP contribution is -2.34. The minimum absolute atomic E-state index is 0.0257. The Bertz CT molecular complexity index is 1210. The summed E-state index contributed by atoms with van der Waals surface area (Å²) in [4.78, 5) is 31.1. The number of aryl methyl sites for hydroxylation is 2. The standard InChI is InChI=1S/C25H31N3O5S/c1-17-12-22(33-5)13-18(2)25(17)34(31,32)28(4)16-21(29)7-9-24(30)27(3)15-19-6-8-23-20(14-19)10-11-26-23/h6,8,11-14H,7,9-10,15-16H2,1-5H3. The Kier molecular flexibility index (Phi) is 7.89. The summed E-state index contributed by atoms with van der Waals surface area (Å²) in [5, 5.41) is 0. The van der Waals surface area contributed by atoms with E-state index in [1.807, 2.05) is 24.4 Å². The smallest absolute Gasteiger partial charge is 0.243 e. The largest absolute Gasteiger partial charge is 0.497 e. The van der Waals surface area contributed by atoms with Crippen LogP contribution in [-0.2, 0) is 32.6 Å². The van der Waals surface area contributed by atoms with E-state index in [0.717, 1.165) is 27.5 Å². The molecule has 0 bridgehead atoms. The maximum absolute atomic E-state index is 13.1. The summed E-state index contributed by atoms with van der Waals surface area (Å²) < 4.78 is 32.4. The zero-order valence-corrected chi connectivity index (χ0v) is 21.1. The van der Waals surface area contributed by atoms with E-state index in [2.05, 4.69) is 4.99 Å². The average Bonchev–Trinajstić information content (AvgIpc) is 3.24. The molecule has 1 aliphatic rings. The molecule has 0 saturated heterocycles. The monoisotopic (exact) mass is 485 g/mol. The van der Waals surface area contributed by atoms with E-state index in [9.17, 15) is 18.0 Å². The molecule has 1 heterocycles. The van der Waals surface area contributed by atoms with Gasteiger partial charge in [0.1, 0.15) is 11.5 Å². The van der Waals surface area contributed by atoms with Gasteiger partial charge in [0, 0.05) is 46.1 Å². The van der Waals surface area contributed by atoms with Crippen molar-refractivity contribution in [2.24, 2.45) is 4.99 Å². The number of ether oxygens (including phenoxy) is 1. The Hall–Kier alpha value is -3.04. The Morgan fingerprint density at radius 2 is 1.74 bits per heavy atom. The maximum Gasteiger partial charge on any atom is 0.243 e. The maximum atomic E-state index is 13.1. The van der Waals surface area contributed by atoms with Crippen LogP contribution in [0.4, 0.5) is 5.69 Å². The van der Waals surface area contributed by atoms with Crippen LogP contribution in [0, 0.1) is 13.8 Å². The topological polar surface area (TPSA) is 96.3 Å². The highest BCUT2D eigenvalue weighted by molar-refractivity contribution is 7.89. The number of carbonyl (C=O) groups is 2. The van der Waals surface area contributed by atoms with Gasteiger partial charge in [0.05, 0.1) is 24.2 Å². The number of nitrogens with zero attached hydrogens (tertiary/aromatic N) is 3. The van der Waals surface area contributed by atoms with Crippen molar-refractivity contribution >= 4 is 33.6 Å². The highest BCUT2D eigenvalue weighted by atomic mass is 32.2. The summed E-state index contributed by atoms with van der Waals surface area (Å²) in [6.07, 6.45) is 2.66. The van der Waals surface area contributed by atoms with E-state index in [1.165, 1.54) is 14.2 Å². The Morgan fingerprint density at radius 3 is 2.38 bits per heavy atom. The molecular formula is C25H31N3O5S. The van der Waals surface area contributed by atoms with Crippen LogP contribution >= 0.6 is 0 Å². The van der Waals surface area contributed by atoms with Crippen LogP contribution in [-0.4, -0.2) is 63.3 Å². The Labute approximate surface area is 201 Å². The number of methoxy groups -OCH3 is 1. The van der Waals surface area contributed by atoms with E-state index >= 15 is 0 Å². The van der Waals surface area contributed by atoms with Gasteiger partial charge in [-0.2, -0.15) is 4.31 Å². The van der Waals surface area contributed by atoms with Crippen molar-refractivity contribution in [1.29, 1.82) is 0 Å². The van der Waals surface area contributed by atoms with E-state index in [4.69, 9.17) is 4.74 Å². The van der Waals surface area contributed by atoms with Crippen molar-refractivity contribution in [3.63, 3.8) is 0 Å². The van der Waals surface area contributed by atoms with Gasteiger partial charge >= 0.3 is 0 Å². The Morgan fingerprint density at radius 1 is 1.06 bits per heavy atom. The average molecular weight is 486 g/mol. The first-order valence-electron chi connectivity index (χ1n) is 11.0. The van der Waals surface area contributed by atoms with Crippen molar-refractivity contribution in [3.05, 3.63) is 52.6 Å². The number of aliphatic imine (C=N–C) groups is 1. The Balaban J connectivity index is 1.55. The third kappa shape index (κ3) is 5.71. The number of Topliss-reactive ketones (excluding diaryl/α,β-unsaturated/α-hetero) is 1. The van der Waals surface area contributed by atoms with Gasteiger partial charge < -0.3 is 9.64 Å². The molecule has 182 valence electrons. The number of benzene rings is 2. The van der Waals surface area contributed by atoms with Crippen molar-refractivity contribution in [2.75, 3.05) is 27.7 Å². The van der Waals surface area contributed by atoms with Gasteiger partial charge in [0.25, 0.3) is 0 Å². The molecule has 0 aliphatic carbocycles. The van der Waals surface area contributed by atoms with E-state index in [1.54, 1.807) is 37.9 Å². The van der Waals surface area contributed by atoms with Crippen LogP contribution in [0.25, 0.3) is 0 Å². The lowest BCUT2D eigenvalue weighted by Gasteiger charge is -2.21. The molecule has 2 aromatic carbocycles. The molecule has 0 N–H and O–H groups in total. The van der Waals surface area contributed by atoms with Crippen LogP contribution in [0.3, 0.4) is 0 Å². The molecule has 3 rings (SSSR count). The second-order valence-electron chi connectivity index (χ2n) is 8.62. The van der Waals surface area contributed by atoms with Crippen molar-refractivity contribution in [2.45, 2.75) is 44.6 Å². The lowest BCUT2D eigenvalue weighted by atomic mass is 10.1. The fourth-order valence-electron chi connectivity index (χ4n) is 4.07. The minimum Gasteiger partial charge on any atom is -0.497 e. The van der Waals surface area contributed by atoms with Crippen LogP contribution in [0.15, 0.2) is 40.2 Å². The van der Waals surface area contributed by atoms with Gasteiger partial charge in [-0.25, -0.2) is 8.42 Å². The third-order valence-electron chi connectivity index (χ3n) is 5.89. The predicted molar refractivity (Wildman–Crippen MR) is 131 cm³/mol. The number of rotatable bonds is 10. The number of fused-ring (bicyclic) bond motifs is 1. The molecule has 0 fully saturated rings. The predicted octanol–water partition coefficient (Wildman–Crippen LogP) is 3.20. The molecule has 0 spiro atoms. The normalized spacial score (nSPS) is 12.6. The molecule has 1 aliphatic heterocycles. The summed E-state index contributed by atoms with van der Waals surface area (Å²) in [6.45, 7) is 3.53. The molecule has 0 saturated carbocycles. The summed E-state index contributed by atoms with van der Waals surface area (Å²) in [6, 6.07) is 9.23. The summed E-state index contributed by atoms with van der Waals surface area (Å²) >= 11 is 0. The molecule has 8 nitrogen and oxygen atoms in total. The number of ketones is 1. The molecule has 1 amide bonds. The molecule has 9 heteroatoms. The number of hydrogen-bond donors (Lipinski definition) is 0. The summed E-state index contributed by atoms with van der Waals surface area (Å²) in [7, 11) is 0.724. The lowest BCUT2D eigenvalue weighted by molar-refractivity contribution is -0.132. The van der Waals surface area contributed by atoms with E-state index < -0.39 is 10.0 Å². The zero-order valence-electron chi connectivity index (χ0n) is 20.3. The molecule has 2 aromatic rings. The number of sulfonamides is 1. The molecule has 34 heavy (non-hydrogen) atoms. The van der Waals surface area contributed by atoms with Gasteiger partial charge in [-0.05, 0) is 54.3 Å². The van der Waals surface area contributed by atoms with Gasteiger partial charge in [-0.15, -0.1) is 0 Å². The number of hydrogen-bond acceptors (Lipinski definition) is 6. The van der Waals surface area contributed by atoms with Crippen molar-refractivity contribution in [1.82, 2.24) is 9.21 Å². The van der Waals surface area contributed by atoms with Gasteiger partial charge in [-0.1, -0.05) is 12.1 Å². The van der Waals surface area contributed by atoms with Crippen molar-refractivity contribution < 1.29 is 22.7 Å². The molecule has 0 atom stereocenters. The summed E-state index contributed by atoms with van der Waals surface area (Å²) in [5.74, 6) is 0.0901. The zero-order chi connectivity index (χ0) is 25.0.